The number of nitrogens with one attached hydrogen (secondary N) is 1. The number of fused-ring (bicyclic) bond motifs is 1. The predicted octanol–water partition coefficient (Wildman–Crippen LogP) is 4.66. The van der Waals surface area contributed by atoms with Crippen LogP contribution in [0.4, 0.5) is 19.3 Å². The van der Waals surface area contributed by atoms with Crippen molar-refractivity contribution in [2.75, 3.05) is 30.9 Å². The zero-order chi connectivity index (χ0) is 35.1. The second kappa shape index (κ2) is 13.1. The van der Waals surface area contributed by atoms with Crippen LogP contribution >= 0.6 is 0 Å². The first-order chi connectivity index (χ1) is 23.2. The SMILES string of the molecule is CC(C)(C)OC(=O)N1CCC(n2ccc(-n3cnc4ccc(Oc5c(F)ccc(NS(=O)(=O)N6CC[C@@H](F)C6)c5C#N)cc4c3=O)n2)CC1. The molecule has 2 aliphatic heterocycles. The summed E-state index contributed by atoms with van der Waals surface area (Å²) in [6.07, 6.45) is 2.77. The number of alkyl halides is 1. The Balaban J connectivity index is 1.22. The number of ether oxygens (including phenoxy) is 2. The molecule has 2 fully saturated rings. The summed E-state index contributed by atoms with van der Waals surface area (Å²) in [5.74, 6) is -1.21. The van der Waals surface area contributed by atoms with Crippen molar-refractivity contribution in [2.24, 2.45) is 0 Å². The Hall–Kier alpha value is -5.08. The number of carbonyl (C=O) groups is 1. The maximum Gasteiger partial charge on any atom is 0.410 e. The third kappa shape index (κ3) is 7.20. The number of halogens is 2. The number of anilines is 1. The van der Waals surface area contributed by atoms with Crippen LogP contribution in [-0.4, -0.2) is 81.0 Å². The Morgan fingerprint density at radius 2 is 1.86 bits per heavy atom. The first-order valence-electron chi connectivity index (χ1n) is 15.6. The van der Waals surface area contributed by atoms with E-state index in [1.165, 1.54) is 29.1 Å². The fourth-order valence-electron chi connectivity index (χ4n) is 5.71. The molecule has 4 heterocycles. The molecule has 2 saturated heterocycles. The first kappa shape index (κ1) is 33.8. The third-order valence-corrected chi connectivity index (χ3v) is 9.66. The molecule has 0 radical (unpaired) electrons. The molecule has 49 heavy (non-hydrogen) atoms. The molecule has 258 valence electrons. The molecule has 1 amide bonds. The van der Waals surface area contributed by atoms with Crippen molar-refractivity contribution in [2.45, 2.75) is 57.8 Å². The number of rotatable bonds is 7. The van der Waals surface area contributed by atoms with Crippen molar-refractivity contribution in [3.05, 3.63) is 70.7 Å². The fourth-order valence-corrected chi connectivity index (χ4v) is 6.99. The normalized spacial score (nSPS) is 17.6. The summed E-state index contributed by atoms with van der Waals surface area (Å²) in [7, 11) is -4.23. The number of likely N-dealkylation sites (tertiary alicyclic amines) is 1. The van der Waals surface area contributed by atoms with Gasteiger partial charge in [-0.2, -0.15) is 23.1 Å². The Morgan fingerprint density at radius 1 is 1.10 bits per heavy atom. The number of hydrogen-bond donors (Lipinski definition) is 1. The number of carbonyl (C=O) groups excluding carboxylic acids is 1. The molecule has 0 saturated carbocycles. The lowest BCUT2D eigenvalue weighted by molar-refractivity contribution is 0.0184. The van der Waals surface area contributed by atoms with E-state index in [0.29, 0.717) is 37.3 Å². The Bertz CT molecular complexity index is 2120. The number of aromatic nitrogens is 4. The van der Waals surface area contributed by atoms with Gasteiger partial charge in [0.15, 0.2) is 17.4 Å². The van der Waals surface area contributed by atoms with Gasteiger partial charge in [0.1, 0.15) is 35.5 Å². The average Bonchev–Trinajstić information content (AvgIpc) is 3.72. The Labute approximate surface area is 280 Å². The summed E-state index contributed by atoms with van der Waals surface area (Å²) < 4.78 is 71.6. The molecule has 0 unspecified atom stereocenters. The number of benzene rings is 2. The minimum Gasteiger partial charge on any atom is -0.453 e. The van der Waals surface area contributed by atoms with Gasteiger partial charge in [-0.1, -0.05) is 0 Å². The molecule has 2 aromatic heterocycles. The van der Waals surface area contributed by atoms with Gasteiger partial charge in [-0.05, 0) is 70.4 Å². The number of nitriles is 1. The van der Waals surface area contributed by atoms with Crippen molar-refractivity contribution in [3.63, 3.8) is 0 Å². The lowest BCUT2D eigenvalue weighted by Crippen LogP contribution is -2.42. The minimum atomic E-state index is -4.23. The molecule has 0 spiro atoms. The highest BCUT2D eigenvalue weighted by Crippen LogP contribution is 2.35. The topological polar surface area (TPSA) is 165 Å². The predicted molar refractivity (Wildman–Crippen MR) is 174 cm³/mol. The van der Waals surface area contributed by atoms with Crippen LogP contribution in [0.5, 0.6) is 11.5 Å². The molecule has 2 aliphatic rings. The van der Waals surface area contributed by atoms with Gasteiger partial charge in [0.2, 0.25) is 0 Å². The van der Waals surface area contributed by atoms with Crippen molar-refractivity contribution >= 4 is 32.9 Å². The second-order valence-electron chi connectivity index (χ2n) is 12.8. The quantitative estimate of drug-likeness (QED) is 0.289. The molecule has 14 nitrogen and oxygen atoms in total. The van der Waals surface area contributed by atoms with Crippen LogP contribution in [0.1, 0.15) is 51.6 Å². The summed E-state index contributed by atoms with van der Waals surface area (Å²) in [6, 6.07) is 9.72. The van der Waals surface area contributed by atoms with E-state index >= 15 is 4.39 Å². The highest BCUT2D eigenvalue weighted by molar-refractivity contribution is 7.90. The van der Waals surface area contributed by atoms with Gasteiger partial charge in [0, 0.05) is 38.4 Å². The van der Waals surface area contributed by atoms with Crippen LogP contribution in [0.2, 0.25) is 0 Å². The van der Waals surface area contributed by atoms with Gasteiger partial charge >= 0.3 is 16.3 Å². The van der Waals surface area contributed by atoms with E-state index in [4.69, 9.17) is 9.47 Å². The van der Waals surface area contributed by atoms with Crippen LogP contribution < -0.4 is 15.0 Å². The number of hydrogen-bond acceptors (Lipinski definition) is 9. The van der Waals surface area contributed by atoms with Crippen molar-refractivity contribution in [3.8, 4) is 23.4 Å². The maximum absolute atomic E-state index is 15.0. The summed E-state index contributed by atoms with van der Waals surface area (Å²) >= 11 is 0. The number of nitrogens with zero attached hydrogens (tertiary/aromatic N) is 7. The molecule has 17 heteroatoms. The van der Waals surface area contributed by atoms with E-state index in [9.17, 15) is 27.7 Å². The number of piperidine rings is 1. The van der Waals surface area contributed by atoms with E-state index < -0.39 is 44.7 Å². The molecule has 1 N–H and O–H groups in total. The van der Waals surface area contributed by atoms with Crippen LogP contribution in [-0.2, 0) is 14.9 Å². The van der Waals surface area contributed by atoms with E-state index in [0.717, 1.165) is 16.4 Å². The van der Waals surface area contributed by atoms with Crippen LogP contribution in [0, 0.1) is 17.1 Å². The Morgan fingerprint density at radius 3 is 2.53 bits per heavy atom. The molecular weight excluding hydrogens is 662 g/mol. The molecular formula is C32H34F2N8O6S. The average molecular weight is 697 g/mol. The van der Waals surface area contributed by atoms with Crippen molar-refractivity contribution in [1.82, 2.24) is 28.5 Å². The standard InChI is InChI=1S/C32H34F2N8O6S/c1-32(2,3)48-31(44)39-12-9-21(10-13-39)42-15-11-28(37-42)41-19-36-26-6-4-22(16-23(26)30(41)43)47-29-24(17-35)27(7-5-25(29)34)38-49(45,46)40-14-8-20(33)18-40/h4-7,11,15-16,19-21,38H,8-10,12-14,18H2,1-3H3/t20-/m1/s1. The van der Waals surface area contributed by atoms with Gasteiger partial charge in [-0.3, -0.25) is 14.2 Å². The van der Waals surface area contributed by atoms with Gasteiger partial charge < -0.3 is 14.4 Å². The van der Waals surface area contributed by atoms with Gasteiger partial charge in [0.25, 0.3) is 5.56 Å². The minimum absolute atomic E-state index is 0.00279. The Kier molecular flexibility index (Phi) is 9.03. The van der Waals surface area contributed by atoms with Crippen molar-refractivity contribution in [1.29, 1.82) is 5.26 Å². The first-order valence-corrected chi connectivity index (χ1v) is 17.0. The molecule has 2 aromatic carbocycles. The van der Waals surface area contributed by atoms with Crippen LogP contribution in [0.25, 0.3) is 16.7 Å². The maximum atomic E-state index is 15.0. The third-order valence-electron chi connectivity index (χ3n) is 8.17. The molecule has 6 rings (SSSR count). The second-order valence-corrected chi connectivity index (χ2v) is 14.5. The largest absolute Gasteiger partial charge is 0.453 e. The summed E-state index contributed by atoms with van der Waals surface area (Å²) in [4.78, 5) is 32.1. The lowest BCUT2D eigenvalue weighted by Gasteiger charge is -2.33. The molecule has 1 atom stereocenters. The van der Waals surface area contributed by atoms with Gasteiger partial charge in [-0.25, -0.2) is 23.1 Å². The van der Waals surface area contributed by atoms with Crippen molar-refractivity contribution < 1.29 is 31.5 Å². The summed E-state index contributed by atoms with van der Waals surface area (Å²) in [5, 5.41) is 14.6. The fraction of sp³-hybridized carbons (Fsp3) is 0.406. The van der Waals surface area contributed by atoms with Crippen LogP contribution in [0.15, 0.2) is 53.7 Å². The van der Waals surface area contributed by atoms with E-state index in [-0.39, 0.29) is 48.5 Å². The monoisotopic (exact) mass is 696 g/mol. The molecule has 0 bridgehead atoms. The molecule has 0 aliphatic carbocycles. The van der Waals surface area contributed by atoms with E-state index in [2.05, 4.69) is 14.8 Å². The van der Waals surface area contributed by atoms with E-state index in [1.807, 2.05) is 20.8 Å². The van der Waals surface area contributed by atoms with Gasteiger partial charge in [-0.15, -0.1) is 0 Å². The number of amides is 1. The zero-order valence-electron chi connectivity index (χ0n) is 27.0. The van der Waals surface area contributed by atoms with Gasteiger partial charge in [0.05, 0.1) is 22.6 Å². The summed E-state index contributed by atoms with van der Waals surface area (Å²) in [5.41, 5.74) is -1.44. The van der Waals surface area contributed by atoms with Crippen LogP contribution in [0.3, 0.4) is 0 Å². The lowest BCUT2D eigenvalue weighted by atomic mass is 10.1. The summed E-state index contributed by atoms with van der Waals surface area (Å²) in [6.45, 7) is 6.07. The highest BCUT2D eigenvalue weighted by Gasteiger charge is 2.33. The highest BCUT2D eigenvalue weighted by atomic mass is 32.2. The zero-order valence-corrected chi connectivity index (χ0v) is 27.8. The smallest absolute Gasteiger partial charge is 0.410 e. The van der Waals surface area contributed by atoms with E-state index in [1.54, 1.807) is 27.9 Å². The molecule has 4 aromatic rings.